The Morgan fingerprint density at radius 2 is 1.09 bits per heavy atom. The zero-order valence-corrected chi connectivity index (χ0v) is 12.6. The van der Waals surface area contributed by atoms with Crippen molar-refractivity contribution in [2.45, 2.75) is 12.2 Å². The SMILES string of the molecule is C=C(C#N)[C@H](O[C@@H](C(=C)C#N)c1ccccc1)c1ccccc1. The highest BCUT2D eigenvalue weighted by Crippen LogP contribution is 2.34. The molecule has 0 heterocycles. The topological polar surface area (TPSA) is 56.8 Å². The van der Waals surface area contributed by atoms with Gasteiger partial charge in [0.1, 0.15) is 12.2 Å². The van der Waals surface area contributed by atoms with E-state index in [2.05, 4.69) is 13.2 Å². The van der Waals surface area contributed by atoms with Crippen molar-refractivity contribution in [1.82, 2.24) is 0 Å². The summed E-state index contributed by atoms with van der Waals surface area (Å²) in [5.41, 5.74) is 2.18. The van der Waals surface area contributed by atoms with E-state index in [9.17, 15) is 10.5 Å². The molecule has 0 unspecified atom stereocenters. The van der Waals surface area contributed by atoms with Crippen LogP contribution in [0.1, 0.15) is 23.3 Å². The van der Waals surface area contributed by atoms with E-state index in [1.807, 2.05) is 72.8 Å². The van der Waals surface area contributed by atoms with Gasteiger partial charge >= 0.3 is 0 Å². The Morgan fingerprint density at radius 3 is 1.39 bits per heavy atom. The largest absolute Gasteiger partial charge is 0.355 e. The van der Waals surface area contributed by atoms with Gasteiger partial charge in [-0.2, -0.15) is 10.5 Å². The number of rotatable bonds is 6. The molecule has 112 valence electrons. The van der Waals surface area contributed by atoms with E-state index in [1.165, 1.54) is 0 Å². The molecule has 0 aliphatic carbocycles. The number of nitriles is 2. The summed E-state index contributed by atoms with van der Waals surface area (Å²) in [6.07, 6.45) is -1.26. The summed E-state index contributed by atoms with van der Waals surface area (Å²) < 4.78 is 6.08. The van der Waals surface area contributed by atoms with Gasteiger partial charge in [0.2, 0.25) is 0 Å². The fraction of sp³-hybridized carbons (Fsp3) is 0.100. The number of ether oxygens (including phenoxy) is 1. The third-order valence-corrected chi connectivity index (χ3v) is 3.40. The van der Waals surface area contributed by atoms with Gasteiger partial charge in [0, 0.05) is 0 Å². The highest BCUT2D eigenvalue weighted by molar-refractivity contribution is 5.36. The van der Waals surface area contributed by atoms with Crippen molar-refractivity contribution in [2.24, 2.45) is 0 Å². The smallest absolute Gasteiger partial charge is 0.118 e. The minimum atomic E-state index is -0.628. The van der Waals surface area contributed by atoms with Crippen LogP contribution < -0.4 is 0 Å². The molecule has 0 saturated carbocycles. The molecule has 0 aromatic heterocycles. The minimum Gasteiger partial charge on any atom is -0.355 e. The van der Waals surface area contributed by atoms with Gasteiger partial charge in [-0.3, -0.25) is 0 Å². The second-order valence-corrected chi connectivity index (χ2v) is 4.99. The number of nitrogens with zero attached hydrogens (tertiary/aromatic N) is 2. The lowest BCUT2D eigenvalue weighted by Gasteiger charge is -2.24. The third kappa shape index (κ3) is 3.95. The van der Waals surface area contributed by atoms with Crippen LogP contribution in [0.15, 0.2) is 85.0 Å². The Bertz CT molecular complexity index is 699. The Kier molecular flexibility index (Phi) is 5.47. The second-order valence-electron chi connectivity index (χ2n) is 4.99. The van der Waals surface area contributed by atoms with Crippen molar-refractivity contribution in [3.05, 3.63) is 96.1 Å². The average Bonchev–Trinajstić information content (AvgIpc) is 2.63. The van der Waals surface area contributed by atoms with Crippen LogP contribution in [0.3, 0.4) is 0 Å². The molecule has 0 spiro atoms. The van der Waals surface area contributed by atoms with Gasteiger partial charge in [-0.25, -0.2) is 0 Å². The van der Waals surface area contributed by atoms with Gasteiger partial charge in [0.25, 0.3) is 0 Å². The van der Waals surface area contributed by atoms with Crippen molar-refractivity contribution < 1.29 is 4.74 Å². The standard InChI is InChI=1S/C20H16N2O/c1-15(13-21)19(17-9-5-3-6-10-17)23-20(16(2)14-22)18-11-7-4-8-12-18/h3-12,19-20H,1-2H2/t19-,20-/m0/s1. The zero-order valence-electron chi connectivity index (χ0n) is 12.6. The van der Waals surface area contributed by atoms with Gasteiger partial charge < -0.3 is 4.74 Å². The average molecular weight is 300 g/mol. The van der Waals surface area contributed by atoms with E-state index < -0.39 is 12.2 Å². The van der Waals surface area contributed by atoms with Gasteiger partial charge in [-0.1, -0.05) is 73.8 Å². The summed E-state index contributed by atoms with van der Waals surface area (Å²) in [6, 6.07) is 22.8. The normalized spacial score (nSPS) is 12.4. The Balaban J connectivity index is 2.39. The summed E-state index contributed by atoms with van der Waals surface area (Å²) in [4.78, 5) is 0. The lowest BCUT2D eigenvalue weighted by Crippen LogP contribution is -2.13. The molecular formula is C20H16N2O. The molecule has 0 saturated heterocycles. The summed E-state index contributed by atoms with van der Waals surface area (Å²) >= 11 is 0. The summed E-state index contributed by atoms with van der Waals surface area (Å²) in [5, 5.41) is 18.5. The Hall–Kier alpha value is -3.14. The van der Waals surface area contributed by atoms with Crippen molar-refractivity contribution in [3.8, 4) is 12.1 Å². The lowest BCUT2D eigenvalue weighted by molar-refractivity contribution is 0.0315. The molecule has 2 aromatic carbocycles. The maximum atomic E-state index is 9.23. The highest BCUT2D eigenvalue weighted by Gasteiger charge is 2.24. The van der Waals surface area contributed by atoms with E-state index in [0.29, 0.717) is 0 Å². The molecule has 0 radical (unpaired) electrons. The molecule has 0 aliphatic rings. The molecule has 0 N–H and O–H groups in total. The first kappa shape index (κ1) is 16.2. The number of hydrogen-bond acceptors (Lipinski definition) is 3. The van der Waals surface area contributed by atoms with Crippen molar-refractivity contribution >= 4 is 0 Å². The van der Waals surface area contributed by atoms with E-state index in [1.54, 1.807) is 0 Å². The summed E-state index contributed by atoms with van der Waals surface area (Å²) in [7, 11) is 0. The predicted octanol–water partition coefficient (Wildman–Crippen LogP) is 4.65. The monoisotopic (exact) mass is 300 g/mol. The molecule has 2 aromatic rings. The van der Waals surface area contributed by atoms with Crippen LogP contribution in [0, 0.1) is 22.7 Å². The van der Waals surface area contributed by atoms with E-state index in [4.69, 9.17) is 4.74 Å². The minimum absolute atomic E-state index is 0.280. The van der Waals surface area contributed by atoms with Crippen LogP contribution in [-0.4, -0.2) is 0 Å². The van der Waals surface area contributed by atoms with Crippen LogP contribution >= 0.6 is 0 Å². The second kappa shape index (κ2) is 7.75. The molecule has 3 nitrogen and oxygen atoms in total. The Labute approximate surface area is 136 Å². The highest BCUT2D eigenvalue weighted by atomic mass is 16.5. The van der Waals surface area contributed by atoms with Crippen molar-refractivity contribution in [3.63, 3.8) is 0 Å². The molecule has 0 amide bonds. The van der Waals surface area contributed by atoms with E-state index >= 15 is 0 Å². The maximum absolute atomic E-state index is 9.23. The number of hydrogen-bond donors (Lipinski definition) is 0. The first-order valence-corrected chi connectivity index (χ1v) is 7.10. The van der Waals surface area contributed by atoms with Gasteiger partial charge in [-0.05, 0) is 11.1 Å². The van der Waals surface area contributed by atoms with Crippen LogP contribution in [0.2, 0.25) is 0 Å². The van der Waals surface area contributed by atoms with Crippen LogP contribution in [0.25, 0.3) is 0 Å². The molecule has 0 aliphatic heterocycles. The molecule has 0 bridgehead atoms. The van der Waals surface area contributed by atoms with Gasteiger partial charge in [0.15, 0.2) is 0 Å². The van der Waals surface area contributed by atoms with E-state index in [0.717, 1.165) is 11.1 Å². The van der Waals surface area contributed by atoms with Crippen LogP contribution in [0.5, 0.6) is 0 Å². The van der Waals surface area contributed by atoms with Gasteiger partial charge in [-0.15, -0.1) is 0 Å². The van der Waals surface area contributed by atoms with Crippen LogP contribution in [-0.2, 0) is 4.74 Å². The molecule has 0 fully saturated rings. The fourth-order valence-electron chi connectivity index (χ4n) is 2.23. The fourth-order valence-corrected chi connectivity index (χ4v) is 2.23. The lowest BCUT2D eigenvalue weighted by atomic mass is 10.00. The van der Waals surface area contributed by atoms with E-state index in [-0.39, 0.29) is 11.1 Å². The number of benzene rings is 2. The maximum Gasteiger partial charge on any atom is 0.118 e. The quantitative estimate of drug-likeness (QED) is 0.730. The zero-order chi connectivity index (χ0) is 16.7. The first-order chi connectivity index (χ1) is 11.2. The molecule has 3 heteroatoms. The summed E-state index contributed by atoms with van der Waals surface area (Å²) in [6.45, 7) is 7.57. The van der Waals surface area contributed by atoms with Crippen molar-refractivity contribution in [1.29, 1.82) is 10.5 Å². The first-order valence-electron chi connectivity index (χ1n) is 7.10. The van der Waals surface area contributed by atoms with Crippen molar-refractivity contribution in [2.75, 3.05) is 0 Å². The molecule has 2 atom stereocenters. The summed E-state index contributed by atoms with van der Waals surface area (Å²) in [5.74, 6) is 0. The van der Waals surface area contributed by atoms with Crippen LogP contribution in [0.4, 0.5) is 0 Å². The predicted molar refractivity (Wildman–Crippen MR) is 89.0 cm³/mol. The molecular weight excluding hydrogens is 284 g/mol. The Morgan fingerprint density at radius 1 is 0.739 bits per heavy atom. The third-order valence-electron chi connectivity index (χ3n) is 3.40. The molecule has 23 heavy (non-hydrogen) atoms. The molecule has 2 rings (SSSR count). The van der Waals surface area contributed by atoms with Gasteiger partial charge in [0.05, 0.1) is 23.3 Å².